The highest BCUT2D eigenvalue weighted by molar-refractivity contribution is 8.00. The maximum Gasteiger partial charge on any atom is 0.253 e. The lowest BCUT2D eigenvalue weighted by atomic mass is 10.1. The summed E-state index contributed by atoms with van der Waals surface area (Å²) in [5, 5.41) is 9.95. The van der Waals surface area contributed by atoms with Crippen LogP contribution < -0.4 is 10.3 Å². The Balaban J connectivity index is 0.00000117. The van der Waals surface area contributed by atoms with Crippen LogP contribution in [-0.2, 0) is 7.05 Å². The predicted octanol–water partition coefficient (Wildman–Crippen LogP) is 5.17. The van der Waals surface area contributed by atoms with Crippen molar-refractivity contribution in [1.82, 2.24) is 4.57 Å². The smallest absolute Gasteiger partial charge is 0.253 e. The highest BCUT2D eigenvalue weighted by atomic mass is 32.2. The first-order chi connectivity index (χ1) is 12.5. The Labute approximate surface area is 158 Å². The molecule has 5 heteroatoms. The van der Waals surface area contributed by atoms with E-state index in [0.717, 1.165) is 32.6 Å². The van der Waals surface area contributed by atoms with Crippen molar-refractivity contribution in [3.05, 3.63) is 69.5 Å². The molecule has 0 radical (unpaired) electrons. The van der Waals surface area contributed by atoms with E-state index < -0.39 is 0 Å². The quantitative estimate of drug-likeness (QED) is 0.650. The molecule has 1 heterocycles. The Hall–Kier alpha value is -2.71. The van der Waals surface area contributed by atoms with E-state index in [1.807, 2.05) is 70.2 Å². The summed E-state index contributed by atoms with van der Waals surface area (Å²) >= 11 is 1.51. The zero-order valence-electron chi connectivity index (χ0n) is 15.8. The molecule has 1 N–H and O–H groups in total. The molecular weight excluding hydrogens is 342 g/mol. The van der Waals surface area contributed by atoms with Gasteiger partial charge in [-0.2, -0.15) is 5.26 Å². The number of nitrogens with zero attached hydrogens (tertiary/aromatic N) is 2. The van der Waals surface area contributed by atoms with Crippen LogP contribution in [0.25, 0.3) is 10.9 Å². The number of fused-ring (bicyclic) bond motifs is 1. The molecule has 4 nitrogen and oxygen atoms in total. The second kappa shape index (κ2) is 8.59. The molecule has 0 unspecified atom stereocenters. The molecule has 0 spiro atoms. The summed E-state index contributed by atoms with van der Waals surface area (Å²) in [5.74, 6) is 0. The molecule has 0 amide bonds. The first kappa shape index (κ1) is 19.6. The van der Waals surface area contributed by atoms with Gasteiger partial charge in [0, 0.05) is 28.6 Å². The normalized spacial score (nSPS) is 10.0. The second-order valence-electron chi connectivity index (χ2n) is 5.76. The standard InChI is InChI=1S/C19H17N3OS.C2H6/c1-12-8-14(11-20)4-7-18(12)24-21-16-5-6-17-15(10-16)9-13(2)19(23)22(17)3;1-2/h4-10,21H,1-3H3;1-2H3. The predicted molar refractivity (Wildman–Crippen MR) is 111 cm³/mol. The molecule has 2 aromatic carbocycles. The Morgan fingerprint density at radius 1 is 1.04 bits per heavy atom. The molecular formula is C21H23N3OS. The first-order valence-electron chi connectivity index (χ1n) is 8.53. The van der Waals surface area contributed by atoms with E-state index in [2.05, 4.69) is 10.8 Å². The van der Waals surface area contributed by atoms with Crippen molar-refractivity contribution in [2.75, 3.05) is 4.72 Å². The Bertz CT molecular complexity index is 1030. The summed E-state index contributed by atoms with van der Waals surface area (Å²) in [6, 6.07) is 15.6. The van der Waals surface area contributed by atoms with Crippen molar-refractivity contribution in [3.63, 3.8) is 0 Å². The van der Waals surface area contributed by atoms with E-state index in [4.69, 9.17) is 5.26 Å². The monoisotopic (exact) mass is 365 g/mol. The van der Waals surface area contributed by atoms with Crippen LogP contribution in [0.3, 0.4) is 0 Å². The summed E-state index contributed by atoms with van der Waals surface area (Å²) in [6.07, 6.45) is 0. The average molecular weight is 366 g/mol. The van der Waals surface area contributed by atoms with Crippen molar-refractivity contribution < 1.29 is 0 Å². The molecule has 0 aliphatic heterocycles. The van der Waals surface area contributed by atoms with E-state index in [0.29, 0.717) is 5.56 Å². The number of anilines is 1. The van der Waals surface area contributed by atoms with Crippen molar-refractivity contribution in [2.45, 2.75) is 32.6 Å². The lowest BCUT2D eigenvalue weighted by Gasteiger charge is -2.11. The third-order valence-electron chi connectivity index (χ3n) is 3.99. The van der Waals surface area contributed by atoms with Crippen LogP contribution in [0.2, 0.25) is 0 Å². The molecule has 0 fully saturated rings. The van der Waals surface area contributed by atoms with Crippen LogP contribution in [0.5, 0.6) is 0 Å². The molecule has 0 saturated heterocycles. The fourth-order valence-corrected chi connectivity index (χ4v) is 3.37. The summed E-state index contributed by atoms with van der Waals surface area (Å²) in [6.45, 7) is 7.82. The van der Waals surface area contributed by atoms with Crippen LogP contribution >= 0.6 is 11.9 Å². The van der Waals surface area contributed by atoms with Gasteiger partial charge in [0.2, 0.25) is 0 Å². The number of aryl methyl sites for hydroxylation is 3. The molecule has 0 bridgehead atoms. The lowest BCUT2D eigenvalue weighted by molar-refractivity contribution is 0.893. The van der Waals surface area contributed by atoms with Gasteiger partial charge in [-0.25, -0.2) is 0 Å². The van der Waals surface area contributed by atoms with Crippen LogP contribution in [0.1, 0.15) is 30.5 Å². The van der Waals surface area contributed by atoms with E-state index in [9.17, 15) is 4.79 Å². The second-order valence-corrected chi connectivity index (χ2v) is 6.61. The van der Waals surface area contributed by atoms with Crippen molar-refractivity contribution in [2.24, 2.45) is 7.05 Å². The third-order valence-corrected chi connectivity index (χ3v) is 5.00. The number of nitriles is 1. The fraction of sp³-hybridized carbons (Fsp3) is 0.238. The molecule has 0 atom stereocenters. The minimum atomic E-state index is 0.0331. The van der Waals surface area contributed by atoms with Gasteiger partial charge in [0.15, 0.2) is 0 Å². The highest BCUT2D eigenvalue weighted by Gasteiger charge is 2.05. The minimum Gasteiger partial charge on any atom is -0.326 e. The maximum atomic E-state index is 12.0. The molecule has 1 aromatic heterocycles. The number of benzene rings is 2. The number of hydrogen-bond acceptors (Lipinski definition) is 4. The first-order valence-corrected chi connectivity index (χ1v) is 9.35. The van der Waals surface area contributed by atoms with Gasteiger partial charge >= 0.3 is 0 Å². The third kappa shape index (κ3) is 4.09. The van der Waals surface area contributed by atoms with Gasteiger partial charge in [0.1, 0.15) is 0 Å². The zero-order valence-corrected chi connectivity index (χ0v) is 16.6. The highest BCUT2D eigenvalue weighted by Crippen LogP contribution is 2.27. The van der Waals surface area contributed by atoms with E-state index in [1.165, 1.54) is 11.9 Å². The Kier molecular flexibility index (Phi) is 6.48. The van der Waals surface area contributed by atoms with Gasteiger partial charge in [-0.05, 0) is 73.8 Å². The molecule has 26 heavy (non-hydrogen) atoms. The van der Waals surface area contributed by atoms with Crippen LogP contribution in [0.4, 0.5) is 5.69 Å². The van der Waals surface area contributed by atoms with Crippen LogP contribution in [-0.4, -0.2) is 4.57 Å². The van der Waals surface area contributed by atoms with Crippen molar-refractivity contribution in [3.8, 4) is 6.07 Å². The van der Waals surface area contributed by atoms with E-state index in [1.54, 1.807) is 11.6 Å². The minimum absolute atomic E-state index is 0.0331. The van der Waals surface area contributed by atoms with Gasteiger partial charge in [0.05, 0.1) is 17.1 Å². The van der Waals surface area contributed by atoms with Gasteiger partial charge < -0.3 is 9.29 Å². The fourth-order valence-electron chi connectivity index (χ4n) is 2.66. The van der Waals surface area contributed by atoms with E-state index >= 15 is 0 Å². The van der Waals surface area contributed by atoms with Crippen LogP contribution in [0.15, 0.2) is 52.2 Å². The topological polar surface area (TPSA) is 57.8 Å². The number of pyridine rings is 1. The van der Waals surface area contributed by atoms with Crippen LogP contribution in [0, 0.1) is 25.2 Å². The van der Waals surface area contributed by atoms with Gasteiger partial charge in [-0.3, -0.25) is 4.79 Å². The lowest BCUT2D eigenvalue weighted by Crippen LogP contribution is -2.19. The Morgan fingerprint density at radius 2 is 1.77 bits per heavy atom. The maximum absolute atomic E-state index is 12.0. The SMILES string of the molecule is CC.Cc1cc(C#N)ccc1SNc1ccc2c(c1)cc(C)c(=O)n2C. The molecule has 3 rings (SSSR count). The van der Waals surface area contributed by atoms with E-state index in [-0.39, 0.29) is 5.56 Å². The molecule has 0 aliphatic rings. The van der Waals surface area contributed by atoms with Gasteiger partial charge in [0.25, 0.3) is 5.56 Å². The summed E-state index contributed by atoms with van der Waals surface area (Å²) < 4.78 is 5.00. The largest absolute Gasteiger partial charge is 0.326 e. The number of aromatic nitrogens is 1. The average Bonchev–Trinajstić information content (AvgIpc) is 2.66. The molecule has 0 aliphatic carbocycles. The summed E-state index contributed by atoms with van der Waals surface area (Å²) in [7, 11) is 1.79. The zero-order chi connectivity index (χ0) is 19.3. The number of hydrogen-bond donors (Lipinski definition) is 1. The summed E-state index contributed by atoms with van der Waals surface area (Å²) in [5.41, 5.74) is 4.37. The molecule has 0 saturated carbocycles. The van der Waals surface area contributed by atoms with Crippen molar-refractivity contribution >= 4 is 28.5 Å². The summed E-state index contributed by atoms with van der Waals surface area (Å²) in [4.78, 5) is 13.1. The molecule has 134 valence electrons. The molecule has 3 aromatic rings. The number of nitrogens with one attached hydrogen (secondary N) is 1. The van der Waals surface area contributed by atoms with Gasteiger partial charge in [-0.15, -0.1) is 0 Å². The number of rotatable bonds is 3. The van der Waals surface area contributed by atoms with Crippen molar-refractivity contribution in [1.29, 1.82) is 5.26 Å². The Morgan fingerprint density at radius 3 is 2.42 bits per heavy atom. The van der Waals surface area contributed by atoms with Gasteiger partial charge in [-0.1, -0.05) is 13.8 Å².